The van der Waals surface area contributed by atoms with E-state index in [2.05, 4.69) is 5.32 Å². The molecule has 0 spiro atoms. The van der Waals surface area contributed by atoms with Crippen molar-refractivity contribution in [3.05, 3.63) is 0 Å². The van der Waals surface area contributed by atoms with Crippen LogP contribution in [0.15, 0.2) is 0 Å². The average molecular weight is 157 g/mol. The predicted octanol–water partition coefficient (Wildman–Crippen LogP) is 0.690. The van der Waals surface area contributed by atoms with Gasteiger partial charge in [0.15, 0.2) is 0 Å². The molecule has 0 bridgehead atoms. The molecule has 1 saturated heterocycles. The molecule has 3 nitrogen and oxygen atoms in total. The lowest BCUT2D eigenvalue weighted by molar-refractivity contribution is -0.108. The Kier molecular flexibility index (Phi) is 2.62. The summed E-state index contributed by atoms with van der Waals surface area (Å²) in [6.45, 7) is 4.85. The van der Waals surface area contributed by atoms with Gasteiger partial charge in [-0.05, 0) is 20.3 Å². The minimum Gasteiger partial charge on any atom is -0.357 e. The van der Waals surface area contributed by atoms with Gasteiger partial charge >= 0.3 is 0 Å². The van der Waals surface area contributed by atoms with E-state index in [4.69, 9.17) is 4.74 Å². The van der Waals surface area contributed by atoms with E-state index in [0.717, 1.165) is 19.3 Å². The van der Waals surface area contributed by atoms with Crippen LogP contribution in [0, 0.1) is 0 Å². The van der Waals surface area contributed by atoms with E-state index in [1.165, 1.54) is 0 Å². The number of carbonyl (C=O) groups excluding carboxylic acids is 1. The first-order valence-electron chi connectivity index (χ1n) is 4.00. The number of carbonyl (C=O) groups is 1. The molecule has 0 aromatic rings. The molecule has 0 aromatic carbocycles. The number of hydrogen-bond donors (Lipinski definition) is 1. The van der Waals surface area contributed by atoms with Crippen LogP contribution in [0.5, 0.6) is 0 Å². The van der Waals surface area contributed by atoms with Gasteiger partial charge < -0.3 is 9.53 Å². The van der Waals surface area contributed by atoms with Gasteiger partial charge in [0.25, 0.3) is 0 Å². The number of nitrogens with one attached hydrogen (secondary N) is 1. The van der Waals surface area contributed by atoms with Gasteiger partial charge in [0.1, 0.15) is 12.0 Å². The second-order valence-corrected chi connectivity index (χ2v) is 3.38. The molecule has 1 fully saturated rings. The maximum Gasteiger partial charge on any atom is 0.120 e. The Morgan fingerprint density at radius 2 is 2.45 bits per heavy atom. The molecule has 1 N–H and O–H groups in total. The van der Waals surface area contributed by atoms with Crippen LogP contribution in [0.3, 0.4) is 0 Å². The summed E-state index contributed by atoms with van der Waals surface area (Å²) in [5.74, 6) is 0. The van der Waals surface area contributed by atoms with Gasteiger partial charge in [-0.25, -0.2) is 0 Å². The Morgan fingerprint density at radius 1 is 1.73 bits per heavy atom. The molecule has 0 aliphatic carbocycles. The molecule has 11 heavy (non-hydrogen) atoms. The monoisotopic (exact) mass is 157 g/mol. The zero-order valence-electron chi connectivity index (χ0n) is 7.09. The first kappa shape index (κ1) is 8.68. The van der Waals surface area contributed by atoms with Crippen LogP contribution in [0.25, 0.3) is 0 Å². The fraction of sp³-hybridized carbons (Fsp3) is 0.875. The third-order valence-electron chi connectivity index (χ3n) is 1.82. The van der Waals surface area contributed by atoms with E-state index in [1.54, 1.807) is 0 Å². The minimum atomic E-state index is -0.201. The standard InChI is InChI=1S/C8H15NO2/c1-8(2)9-6-7(11-8)4-3-5-10/h5,7,9H,3-4,6H2,1-2H3. The van der Waals surface area contributed by atoms with Gasteiger partial charge in [-0.15, -0.1) is 0 Å². The van der Waals surface area contributed by atoms with E-state index in [0.29, 0.717) is 6.42 Å². The Balaban J connectivity index is 2.24. The maximum absolute atomic E-state index is 10.0. The Morgan fingerprint density at radius 3 is 2.91 bits per heavy atom. The molecule has 0 saturated carbocycles. The molecule has 0 radical (unpaired) electrons. The second kappa shape index (κ2) is 3.32. The molecule has 3 heteroatoms. The molecule has 64 valence electrons. The third kappa shape index (κ3) is 2.60. The van der Waals surface area contributed by atoms with E-state index < -0.39 is 0 Å². The van der Waals surface area contributed by atoms with Gasteiger partial charge in [-0.3, -0.25) is 5.32 Å². The first-order chi connectivity index (χ1) is 5.14. The number of ether oxygens (including phenoxy) is 1. The second-order valence-electron chi connectivity index (χ2n) is 3.38. The van der Waals surface area contributed by atoms with E-state index in [9.17, 15) is 4.79 Å². The average Bonchev–Trinajstić information content (AvgIpc) is 2.26. The van der Waals surface area contributed by atoms with Crippen LogP contribution in [0.4, 0.5) is 0 Å². The van der Waals surface area contributed by atoms with Crippen molar-refractivity contribution in [2.24, 2.45) is 0 Å². The Hall–Kier alpha value is -0.410. The zero-order chi connectivity index (χ0) is 8.32. The summed E-state index contributed by atoms with van der Waals surface area (Å²) in [5, 5.41) is 3.22. The van der Waals surface area contributed by atoms with Crippen molar-refractivity contribution >= 4 is 6.29 Å². The van der Waals surface area contributed by atoms with Crippen molar-refractivity contribution < 1.29 is 9.53 Å². The van der Waals surface area contributed by atoms with Crippen LogP contribution >= 0.6 is 0 Å². The van der Waals surface area contributed by atoms with Crippen molar-refractivity contribution in [3.8, 4) is 0 Å². The van der Waals surface area contributed by atoms with Crippen LogP contribution in [-0.2, 0) is 9.53 Å². The number of hydrogen-bond acceptors (Lipinski definition) is 3. The highest BCUT2D eigenvalue weighted by atomic mass is 16.5. The van der Waals surface area contributed by atoms with Crippen molar-refractivity contribution in [1.29, 1.82) is 0 Å². The molecule has 1 aliphatic heterocycles. The van der Waals surface area contributed by atoms with Gasteiger partial charge in [-0.2, -0.15) is 0 Å². The normalized spacial score (nSPS) is 28.7. The highest BCUT2D eigenvalue weighted by molar-refractivity contribution is 5.49. The van der Waals surface area contributed by atoms with Crippen molar-refractivity contribution in [3.63, 3.8) is 0 Å². The van der Waals surface area contributed by atoms with Crippen LogP contribution < -0.4 is 5.32 Å². The molecule has 1 heterocycles. The van der Waals surface area contributed by atoms with Crippen molar-refractivity contribution in [2.75, 3.05) is 6.54 Å². The lowest BCUT2D eigenvalue weighted by Gasteiger charge is -2.18. The van der Waals surface area contributed by atoms with Crippen LogP contribution in [0.1, 0.15) is 26.7 Å². The zero-order valence-corrected chi connectivity index (χ0v) is 7.09. The summed E-state index contributed by atoms with van der Waals surface area (Å²) in [5.41, 5.74) is -0.201. The Bertz CT molecular complexity index is 145. The highest BCUT2D eigenvalue weighted by Gasteiger charge is 2.30. The summed E-state index contributed by atoms with van der Waals surface area (Å²) in [6.07, 6.45) is 2.59. The van der Waals surface area contributed by atoms with E-state index >= 15 is 0 Å². The fourth-order valence-electron chi connectivity index (χ4n) is 1.27. The third-order valence-corrected chi connectivity index (χ3v) is 1.82. The molecular formula is C8H15NO2. The summed E-state index contributed by atoms with van der Waals surface area (Å²) >= 11 is 0. The topological polar surface area (TPSA) is 38.3 Å². The maximum atomic E-state index is 10.0. The predicted molar refractivity (Wildman–Crippen MR) is 42.3 cm³/mol. The van der Waals surface area contributed by atoms with Crippen LogP contribution in [-0.4, -0.2) is 24.7 Å². The Labute approximate surface area is 67.1 Å². The quantitative estimate of drug-likeness (QED) is 0.612. The lowest BCUT2D eigenvalue weighted by atomic mass is 10.2. The van der Waals surface area contributed by atoms with Crippen molar-refractivity contribution in [1.82, 2.24) is 5.32 Å². The van der Waals surface area contributed by atoms with Crippen LogP contribution in [0.2, 0.25) is 0 Å². The summed E-state index contributed by atoms with van der Waals surface area (Å²) in [6, 6.07) is 0. The molecule has 1 atom stereocenters. The van der Waals surface area contributed by atoms with Gasteiger partial charge in [0.05, 0.1) is 6.10 Å². The number of rotatable bonds is 3. The summed E-state index contributed by atoms with van der Waals surface area (Å²) in [7, 11) is 0. The lowest BCUT2D eigenvalue weighted by Crippen LogP contribution is -2.33. The largest absolute Gasteiger partial charge is 0.357 e. The van der Waals surface area contributed by atoms with Gasteiger partial charge in [-0.1, -0.05) is 0 Å². The van der Waals surface area contributed by atoms with E-state index in [1.807, 2.05) is 13.8 Å². The first-order valence-corrected chi connectivity index (χ1v) is 4.00. The summed E-state index contributed by atoms with van der Waals surface area (Å²) in [4.78, 5) is 10.0. The smallest absolute Gasteiger partial charge is 0.120 e. The molecule has 1 aliphatic rings. The molecule has 0 amide bonds. The summed E-state index contributed by atoms with van der Waals surface area (Å²) < 4.78 is 5.58. The molecule has 0 aromatic heterocycles. The van der Waals surface area contributed by atoms with Gasteiger partial charge in [0.2, 0.25) is 0 Å². The SMILES string of the molecule is CC1(C)NCC(CCC=O)O1. The van der Waals surface area contributed by atoms with Crippen molar-refractivity contribution in [2.45, 2.75) is 38.5 Å². The molecule has 1 unspecified atom stereocenters. The molecule has 1 rings (SSSR count). The molecular weight excluding hydrogens is 142 g/mol. The highest BCUT2D eigenvalue weighted by Crippen LogP contribution is 2.18. The van der Waals surface area contributed by atoms with E-state index in [-0.39, 0.29) is 11.8 Å². The number of aldehydes is 1. The van der Waals surface area contributed by atoms with Gasteiger partial charge in [0, 0.05) is 13.0 Å². The fourth-order valence-corrected chi connectivity index (χ4v) is 1.27. The minimum absolute atomic E-state index is 0.201.